The van der Waals surface area contributed by atoms with E-state index >= 15 is 0 Å². The number of aromatic nitrogens is 4. The van der Waals surface area contributed by atoms with Crippen LogP contribution in [0.5, 0.6) is 0 Å². The molecule has 0 saturated carbocycles. The maximum absolute atomic E-state index is 12.9. The van der Waals surface area contributed by atoms with Gasteiger partial charge >= 0.3 is 0 Å². The minimum absolute atomic E-state index is 0.139. The number of hydrogen-bond acceptors (Lipinski definition) is 6. The van der Waals surface area contributed by atoms with E-state index in [9.17, 15) is 9.18 Å². The van der Waals surface area contributed by atoms with Gasteiger partial charge in [0.1, 0.15) is 11.6 Å². The van der Waals surface area contributed by atoms with E-state index in [0.717, 1.165) is 5.56 Å². The predicted octanol–water partition coefficient (Wildman–Crippen LogP) is 3.37. The first-order valence-electron chi connectivity index (χ1n) is 8.35. The molecule has 2 aromatic carbocycles. The number of benzene rings is 2. The van der Waals surface area contributed by atoms with Crippen LogP contribution in [-0.2, 0) is 12.8 Å². The Bertz CT molecular complexity index is 1120. The Kier molecular flexibility index (Phi) is 4.97. The molecule has 0 radical (unpaired) electrons. The van der Waals surface area contributed by atoms with Gasteiger partial charge in [-0.1, -0.05) is 36.0 Å². The Morgan fingerprint density at radius 3 is 2.74 bits per heavy atom. The number of thioether (sulfide) groups is 1. The van der Waals surface area contributed by atoms with E-state index < -0.39 is 0 Å². The quantitative estimate of drug-likeness (QED) is 0.515. The van der Waals surface area contributed by atoms with Gasteiger partial charge in [-0.15, -0.1) is 10.2 Å². The van der Waals surface area contributed by atoms with Gasteiger partial charge in [-0.05, 0) is 29.8 Å². The molecule has 27 heavy (non-hydrogen) atoms. The monoisotopic (exact) mass is 382 g/mol. The van der Waals surface area contributed by atoms with Crippen molar-refractivity contribution in [3.05, 3.63) is 82.0 Å². The third-order valence-electron chi connectivity index (χ3n) is 3.94. The molecule has 0 spiro atoms. The second kappa shape index (κ2) is 7.71. The van der Waals surface area contributed by atoms with Crippen molar-refractivity contribution in [2.45, 2.75) is 18.1 Å². The Morgan fingerprint density at radius 2 is 1.89 bits per heavy atom. The molecular weight excluding hydrogens is 367 g/mol. The van der Waals surface area contributed by atoms with Gasteiger partial charge in [-0.2, -0.15) is 0 Å². The lowest BCUT2D eigenvalue weighted by molar-refractivity contribution is 0.420. The molecule has 2 heterocycles. The van der Waals surface area contributed by atoms with Crippen molar-refractivity contribution < 1.29 is 8.81 Å². The Morgan fingerprint density at radius 1 is 1.07 bits per heavy atom. The van der Waals surface area contributed by atoms with Crippen LogP contribution in [0.2, 0.25) is 0 Å². The van der Waals surface area contributed by atoms with Crippen LogP contribution in [0.25, 0.3) is 10.9 Å². The fourth-order valence-corrected chi connectivity index (χ4v) is 3.36. The number of H-pyrrole nitrogens is 1. The number of aromatic amines is 1. The van der Waals surface area contributed by atoms with Crippen molar-refractivity contribution in [3.63, 3.8) is 0 Å². The average molecular weight is 382 g/mol. The summed E-state index contributed by atoms with van der Waals surface area (Å²) in [4.78, 5) is 19.3. The summed E-state index contributed by atoms with van der Waals surface area (Å²) in [5, 5.41) is 9.05. The van der Waals surface area contributed by atoms with Crippen molar-refractivity contribution in [2.24, 2.45) is 0 Å². The molecule has 4 rings (SSSR count). The minimum Gasteiger partial charge on any atom is -0.416 e. The van der Waals surface area contributed by atoms with E-state index in [1.165, 1.54) is 23.9 Å². The molecule has 0 aliphatic heterocycles. The zero-order valence-electron chi connectivity index (χ0n) is 14.2. The Hall–Kier alpha value is -3.00. The Balaban J connectivity index is 1.36. The van der Waals surface area contributed by atoms with Crippen molar-refractivity contribution in [3.8, 4) is 0 Å². The molecule has 0 aliphatic rings. The predicted molar refractivity (Wildman–Crippen MR) is 100 cm³/mol. The van der Waals surface area contributed by atoms with Crippen molar-refractivity contribution in [2.75, 3.05) is 5.75 Å². The summed E-state index contributed by atoms with van der Waals surface area (Å²) in [7, 11) is 0. The largest absolute Gasteiger partial charge is 0.416 e. The number of nitrogens with one attached hydrogen (secondary N) is 1. The second-order valence-corrected chi connectivity index (χ2v) is 6.94. The van der Waals surface area contributed by atoms with Crippen LogP contribution in [0.4, 0.5) is 4.39 Å². The number of para-hydroxylation sites is 1. The molecule has 0 bridgehead atoms. The van der Waals surface area contributed by atoms with E-state index in [0.29, 0.717) is 46.4 Å². The van der Waals surface area contributed by atoms with E-state index in [2.05, 4.69) is 20.2 Å². The zero-order valence-corrected chi connectivity index (χ0v) is 15.0. The van der Waals surface area contributed by atoms with Gasteiger partial charge in [0.25, 0.3) is 10.8 Å². The van der Waals surface area contributed by atoms with Gasteiger partial charge < -0.3 is 9.40 Å². The summed E-state index contributed by atoms with van der Waals surface area (Å²) in [6.07, 6.45) is 1.02. The Labute approximate surface area is 157 Å². The normalized spacial score (nSPS) is 11.1. The molecule has 8 heteroatoms. The topological polar surface area (TPSA) is 84.7 Å². The number of rotatable bonds is 6. The van der Waals surface area contributed by atoms with Crippen LogP contribution < -0.4 is 5.56 Å². The van der Waals surface area contributed by atoms with Gasteiger partial charge in [-0.3, -0.25) is 4.79 Å². The molecule has 0 atom stereocenters. The number of fused-ring (bicyclic) bond motifs is 1. The molecule has 0 unspecified atom stereocenters. The molecule has 0 aliphatic carbocycles. The fraction of sp³-hybridized carbons (Fsp3) is 0.158. The number of aryl methyl sites for hydroxylation is 1. The number of halogens is 1. The second-order valence-electron chi connectivity index (χ2n) is 5.89. The van der Waals surface area contributed by atoms with E-state index in [1.807, 2.05) is 18.2 Å². The minimum atomic E-state index is -0.277. The van der Waals surface area contributed by atoms with Crippen LogP contribution in [0.3, 0.4) is 0 Å². The maximum Gasteiger partial charge on any atom is 0.276 e. The first-order valence-corrected chi connectivity index (χ1v) is 9.33. The van der Waals surface area contributed by atoms with E-state index in [1.54, 1.807) is 18.2 Å². The van der Waals surface area contributed by atoms with Crippen molar-refractivity contribution in [1.82, 2.24) is 20.2 Å². The van der Waals surface area contributed by atoms with Crippen molar-refractivity contribution in [1.29, 1.82) is 0 Å². The molecule has 136 valence electrons. The molecule has 6 nitrogen and oxygen atoms in total. The summed E-state index contributed by atoms with van der Waals surface area (Å²) < 4.78 is 18.5. The van der Waals surface area contributed by atoms with Gasteiger partial charge in [0.05, 0.1) is 17.3 Å². The highest BCUT2D eigenvalue weighted by atomic mass is 32.2. The number of hydrogen-bond donors (Lipinski definition) is 1. The summed E-state index contributed by atoms with van der Waals surface area (Å²) in [6.45, 7) is 0. The third kappa shape index (κ3) is 4.22. The lowest BCUT2D eigenvalue weighted by atomic mass is 10.1. The highest BCUT2D eigenvalue weighted by molar-refractivity contribution is 7.99. The average Bonchev–Trinajstić information content (AvgIpc) is 3.11. The van der Waals surface area contributed by atoms with Gasteiger partial charge in [-0.25, -0.2) is 9.37 Å². The van der Waals surface area contributed by atoms with Crippen LogP contribution in [0, 0.1) is 5.82 Å². The van der Waals surface area contributed by atoms with Gasteiger partial charge in [0.15, 0.2) is 0 Å². The summed E-state index contributed by atoms with van der Waals surface area (Å²) in [6, 6.07) is 13.4. The molecule has 1 N–H and O–H groups in total. The van der Waals surface area contributed by atoms with Crippen LogP contribution in [-0.4, -0.2) is 25.9 Å². The molecule has 0 amide bonds. The standard InChI is InChI=1S/C19H15FN4O2S/c20-13-7-5-12(6-8-13)11-17-23-24-19(26-17)27-10-9-16-21-15-4-2-1-3-14(15)18(25)22-16/h1-8H,9-11H2,(H,21,22,25). The molecule has 0 fully saturated rings. The van der Waals surface area contributed by atoms with Gasteiger partial charge in [0, 0.05) is 12.2 Å². The first-order chi connectivity index (χ1) is 13.2. The molecule has 4 aromatic rings. The SMILES string of the molecule is O=c1[nH]c(CCSc2nnc(Cc3ccc(F)cc3)o2)nc2ccccc12. The number of nitrogens with zero attached hydrogens (tertiary/aromatic N) is 3. The molecular formula is C19H15FN4O2S. The smallest absolute Gasteiger partial charge is 0.276 e. The van der Waals surface area contributed by atoms with E-state index in [-0.39, 0.29) is 11.4 Å². The first kappa shape index (κ1) is 17.4. The highest BCUT2D eigenvalue weighted by Gasteiger charge is 2.09. The lowest BCUT2D eigenvalue weighted by Crippen LogP contribution is -2.12. The molecule has 0 saturated heterocycles. The van der Waals surface area contributed by atoms with Crippen LogP contribution in [0.1, 0.15) is 17.3 Å². The summed E-state index contributed by atoms with van der Waals surface area (Å²) in [5.74, 6) is 1.46. The zero-order chi connectivity index (χ0) is 18.6. The summed E-state index contributed by atoms with van der Waals surface area (Å²) >= 11 is 1.40. The summed E-state index contributed by atoms with van der Waals surface area (Å²) in [5.41, 5.74) is 1.44. The van der Waals surface area contributed by atoms with Crippen LogP contribution in [0.15, 0.2) is 63.0 Å². The van der Waals surface area contributed by atoms with Gasteiger partial charge in [0.2, 0.25) is 5.89 Å². The van der Waals surface area contributed by atoms with E-state index in [4.69, 9.17) is 4.42 Å². The van der Waals surface area contributed by atoms with Crippen LogP contribution >= 0.6 is 11.8 Å². The highest BCUT2D eigenvalue weighted by Crippen LogP contribution is 2.19. The molecule has 2 aromatic heterocycles. The maximum atomic E-state index is 12.9. The van der Waals surface area contributed by atoms with Crippen molar-refractivity contribution >= 4 is 22.7 Å². The fourth-order valence-electron chi connectivity index (χ4n) is 2.63. The lowest BCUT2D eigenvalue weighted by Gasteiger charge is -2.01. The third-order valence-corrected chi connectivity index (χ3v) is 4.76.